The van der Waals surface area contributed by atoms with Crippen LogP contribution in [-0.2, 0) is 17.4 Å². The Kier molecular flexibility index (Phi) is 5.72. The molecule has 0 fully saturated rings. The van der Waals surface area contributed by atoms with Gasteiger partial charge in [0.15, 0.2) is 6.61 Å². The first-order chi connectivity index (χ1) is 11.3. The maximum Gasteiger partial charge on any atom is 0.417 e. The number of benzene rings is 2. The number of hydrogen-bond donors (Lipinski definition) is 1. The number of rotatable bonds is 5. The second-order valence-corrected chi connectivity index (χ2v) is 5.44. The van der Waals surface area contributed by atoms with Gasteiger partial charge in [-0.3, -0.25) is 4.79 Å². The molecular weight excluding hydrogens is 343 g/mol. The van der Waals surface area contributed by atoms with Gasteiger partial charge in [-0.2, -0.15) is 13.2 Å². The lowest BCUT2D eigenvalue weighted by atomic mass is 10.2. The van der Waals surface area contributed by atoms with Gasteiger partial charge in [-0.1, -0.05) is 30.7 Å². The van der Waals surface area contributed by atoms with Gasteiger partial charge in [0.25, 0.3) is 5.91 Å². The summed E-state index contributed by atoms with van der Waals surface area (Å²) in [7, 11) is 0. The van der Waals surface area contributed by atoms with Gasteiger partial charge in [-0.05, 0) is 42.3 Å². The van der Waals surface area contributed by atoms with Crippen LogP contribution in [0, 0.1) is 0 Å². The Balaban J connectivity index is 1.99. The van der Waals surface area contributed by atoms with Crippen LogP contribution in [-0.4, -0.2) is 12.5 Å². The van der Waals surface area contributed by atoms with Crippen molar-refractivity contribution >= 4 is 23.2 Å². The van der Waals surface area contributed by atoms with Crippen molar-refractivity contribution in [2.24, 2.45) is 0 Å². The highest BCUT2D eigenvalue weighted by Crippen LogP contribution is 2.36. The average molecular weight is 358 g/mol. The first-order valence-corrected chi connectivity index (χ1v) is 7.55. The van der Waals surface area contributed by atoms with Crippen molar-refractivity contribution in [1.82, 2.24) is 0 Å². The molecule has 0 atom stereocenters. The third-order valence-corrected chi connectivity index (χ3v) is 3.56. The Hall–Kier alpha value is -2.21. The molecule has 0 saturated carbocycles. The molecule has 0 radical (unpaired) electrons. The number of amides is 1. The number of ether oxygens (including phenoxy) is 1. The molecule has 2 rings (SSSR count). The van der Waals surface area contributed by atoms with Crippen LogP contribution in [0.5, 0.6) is 5.75 Å². The van der Waals surface area contributed by atoms with E-state index >= 15 is 0 Å². The number of anilines is 1. The molecule has 1 N–H and O–H groups in total. The number of nitrogens with one attached hydrogen (secondary N) is 1. The van der Waals surface area contributed by atoms with Crippen molar-refractivity contribution in [3.63, 3.8) is 0 Å². The molecule has 0 aromatic heterocycles. The third kappa shape index (κ3) is 4.89. The van der Waals surface area contributed by atoms with E-state index in [-0.39, 0.29) is 12.3 Å². The molecule has 0 saturated heterocycles. The number of alkyl halides is 3. The molecule has 3 nitrogen and oxygen atoms in total. The highest BCUT2D eigenvalue weighted by molar-refractivity contribution is 6.31. The monoisotopic (exact) mass is 357 g/mol. The average Bonchev–Trinajstić information content (AvgIpc) is 2.54. The number of hydrogen-bond acceptors (Lipinski definition) is 2. The SMILES string of the molecule is CCc1cccc(OCC(=O)Nc2ccc(Cl)c(C(F)(F)F)c2)c1. The third-order valence-electron chi connectivity index (χ3n) is 3.23. The van der Waals surface area contributed by atoms with Gasteiger partial charge < -0.3 is 10.1 Å². The maximum atomic E-state index is 12.8. The predicted octanol–water partition coefficient (Wildman–Crippen LogP) is 4.94. The molecular formula is C17H15ClF3NO2. The van der Waals surface area contributed by atoms with Gasteiger partial charge in [0.1, 0.15) is 5.75 Å². The lowest BCUT2D eigenvalue weighted by Gasteiger charge is -2.12. The van der Waals surface area contributed by atoms with E-state index in [4.69, 9.17) is 16.3 Å². The minimum atomic E-state index is -4.59. The lowest BCUT2D eigenvalue weighted by molar-refractivity contribution is -0.137. The second kappa shape index (κ2) is 7.57. The molecule has 2 aromatic rings. The molecule has 24 heavy (non-hydrogen) atoms. The first-order valence-electron chi connectivity index (χ1n) is 7.18. The summed E-state index contributed by atoms with van der Waals surface area (Å²) in [6, 6.07) is 10.4. The topological polar surface area (TPSA) is 38.3 Å². The molecule has 0 unspecified atom stereocenters. The smallest absolute Gasteiger partial charge is 0.417 e. The summed E-state index contributed by atoms with van der Waals surface area (Å²) in [5, 5.41) is 1.93. The summed E-state index contributed by atoms with van der Waals surface area (Å²) in [5.41, 5.74) is 0.0570. The van der Waals surface area contributed by atoms with Crippen LogP contribution in [0.3, 0.4) is 0 Å². The number of carbonyl (C=O) groups is 1. The van der Waals surface area contributed by atoms with E-state index in [9.17, 15) is 18.0 Å². The van der Waals surface area contributed by atoms with Crippen molar-refractivity contribution in [2.45, 2.75) is 19.5 Å². The van der Waals surface area contributed by atoms with E-state index in [0.29, 0.717) is 5.75 Å². The molecule has 128 valence electrons. The Labute approximate surface area is 142 Å². The van der Waals surface area contributed by atoms with Crippen LogP contribution in [0.1, 0.15) is 18.1 Å². The van der Waals surface area contributed by atoms with E-state index in [1.54, 1.807) is 18.2 Å². The highest BCUT2D eigenvalue weighted by atomic mass is 35.5. The zero-order valence-electron chi connectivity index (χ0n) is 12.8. The fourth-order valence-corrected chi connectivity index (χ4v) is 2.25. The highest BCUT2D eigenvalue weighted by Gasteiger charge is 2.33. The van der Waals surface area contributed by atoms with E-state index in [1.807, 2.05) is 13.0 Å². The van der Waals surface area contributed by atoms with Gasteiger partial charge in [0.05, 0.1) is 10.6 Å². The minimum absolute atomic E-state index is 0.00244. The van der Waals surface area contributed by atoms with Gasteiger partial charge in [-0.25, -0.2) is 0 Å². The van der Waals surface area contributed by atoms with E-state index in [2.05, 4.69) is 5.32 Å². The van der Waals surface area contributed by atoms with Crippen LogP contribution >= 0.6 is 11.6 Å². The van der Waals surface area contributed by atoms with Crippen molar-refractivity contribution in [3.8, 4) is 5.75 Å². The molecule has 2 aromatic carbocycles. The molecule has 0 heterocycles. The van der Waals surface area contributed by atoms with Crippen molar-refractivity contribution in [3.05, 3.63) is 58.6 Å². The van der Waals surface area contributed by atoms with E-state index in [0.717, 1.165) is 24.1 Å². The maximum absolute atomic E-state index is 12.8. The molecule has 0 aliphatic rings. The van der Waals surface area contributed by atoms with Crippen molar-refractivity contribution in [1.29, 1.82) is 0 Å². The number of aryl methyl sites for hydroxylation is 1. The summed E-state index contributed by atoms with van der Waals surface area (Å²) in [6.45, 7) is 1.68. The quantitative estimate of drug-likeness (QED) is 0.823. The number of halogens is 4. The van der Waals surface area contributed by atoms with Gasteiger partial charge in [0.2, 0.25) is 0 Å². The summed E-state index contributed by atoms with van der Waals surface area (Å²) in [5.74, 6) is -0.0380. The summed E-state index contributed by atoms with van der Waals surface area (Å²) < 4.78 is 43.7. The largest absolute Gasteiger partial charge is 0.484 e. The molecule has 1 amide bonds. The van der Waals surface area contributed by atoms with Crippen LogP contribution in [0.25, 0.3) is 0 Å². The normalized spacial score (nSPS) is 11.2. The standard InChI is InChI=1S/C17H15ClF3NO2/c1-2-11-4-3-5-13(8-11)24-10-16(23)22-12-6-7-15(18)14(9-12)17(19,20)21/h3-9H,2,10H2,1H3,(H,22,23). The van der Waals surface area contributed by atoms with Crippen LogP contribution in [0.4, 0.5) is 18.9 Å². The summed E-state index contributed by atoms with van der Waals surface area (Å²) in [6.07, 6.45) is -3.76. The van der Waals surface area contributed by atoms with Crippen molar-refractivity contribution < 1.29 is 22.7 Å². The first kappa shape index (κ1) is 18.1. The molecule has 0 aliphatic carbocycles. The Morgan fingerprint density at radius 3 is 2.62 bits per heavy atom. The fraction of sp³-hybridized carbons (Fsp3) is 0.235. The van der Waals surface area contributed by atoms with E-state index in [1.165, 1.54) is 6.07 Å². The second-order valence-electron chi connectivity index (χ2n) is 5.03. The zero-order chi connectivity index (χ0) is 17.7. The summed E-state index contributed by atoms with van der Waals surface area (Å²) in [4.78, 5) is 11.8. The minimum Gasteiger partial charge on any atom is -0.484 e. The predicted molar refractivity (Wildman–Crippen MR) is 86.4 cm³/mol. The lowest BCUT2D eigenvalue weighted by Crippen LogP contribution is -2.20. The van der Waals surface area contributed by atoms with Crippen molar-refractivity contribution in [2.75, 3.05) is 11.9 Å². The van der Waals surface area contributed by atoms with Gasteiger partial charge in [0, 0.05) is 5.69 Å². The number of carbonyl (C=O) groups excluding carboxylic acids is 1. The van der Waals surface area contributed by atoms with Crippen LogP contribution < -0.4 is 10.1 Å². The van der Waals surface area contributed by atoms with Gasteiger partial charge in [-0.15, -0.1) is 0 Å². The Bertz CT molecular complexity index is 732. The Morgan fingerprint density at radius 2 is 1.96 bits per heavy atom. The molecule has 0 spiro atoms. The molecule has 7 heteroatoms. The Morgan fingerprint density at radius 1 is 1.21 bits per heavy atom. The van der Waals surface area contributed by atoms with E-state index < -0.39 is 22.7 Å². The molecule has 0 bridgehead atoms. The fourth-order valence-electron chi connectivity index (χ4n) is 2.02. The zero-order valence-corrected chi connectivity index (χ0v) is 13.5. The van der Waals surface area contributed by atoms with Crippen LogP contribution in [0.15, 0.2) is 42.5 Å². The van der Waals surface area contributed by atoms with Crippen LogP contribution in [0.2, 0.25) is 5.02 Å². The molecule has 0 aliphatic heterocycles. The summed E-state index contributed by atoms with van der Waals surface area (Å²) >= 11 is 5.53. The van der Waals surface area contributed by atoms with Gasteiger partial charge >= 0.3 is 6.18 Å².